The molecule has 1 N–H and O–H groups in total. The Bertz CT molecular complexity index is 1320. The molecule has 0 aliphatic rings. The molecule has 0 unspecified atom stereocenters. The number of aromatic nitrogens is 3. The van der Waals surface area contributed by atoms with Crippen molar-refractivity contribution in [3.05, 3.63) is 81.3 Å². The molecule has 34 heavy (non-hydrogen) atoms. The Morgan fingerprint density at radius 1 is 1.03 bits per heavy atom. The third-order valence-electron chi connectivity index (χ3n) is 5.51. The number of nitrogens with zero attached hydrogens (tertiary/aromatic N) is 4. The van der Waals surface area contributed by atoms with E-state index in [1.165, 1.54) is 10.8 Å². The molecule has 0 amide bonds. The number of hydrogen-bond acceptors (Lipinski definition) is 6. The average molecular weight is 498 g/mol. The number of hydrogen-bond donors (Lipinski definition) is 1. The van der Waals surface area contributed by atoms with Crippen LogP contribution in [0.25, 0.3) is 16.6 Å². The minimum atomic E-state index is -0.301. The maximum atomic E-state index is 13.0. The van der Waals surface area contributed by atoms with Crippen molar-refractivity contribution in [3.63, 3.8) is 0 Å². The second-order valence-corrected chi connectivity index (χ2v) is 8.39. The maximum Gasteiger partial charge on any atom is 0.266 e. The molecule has 4 rings (SSSR count). The van der Waals surface area contributed by atoms with E-state index in [1.807, 2.05) is 24.3 Å². The minimum absolute atomic E-state index is 0.301. The number of fused-ring (bicyclic) bond motifs is 1. The van der Waals surface area contributed by atoms with Crippen LogP contribution >= 0.6 is 23.2 Å². The van der Waals surface area contributed by atoms with Crippen molar-refractivity contribution in [2.24, 2.45) is 0 Å². The van der Waals surface area contributed by atoms with Crippen LogP contribution in [0.5, 0.6) is 5.75 Å². The van der Waals surface area contributed by atoms with Gasteiger partial charge in [0.05, 0.1) is 26.6 Å². The molecule has 2 aromatic carbocycles. The van der Waals surface area contributed by atoms with E-state index in [4.69, 9.17) is 27.9 Å². The van der Waals surface area contributed by atoms with Crippen molar-refractivity contribution in [1.29, 1.82) is 0 Å². The highest BCUT2D eigenvalue weighted by atomic mass is 35.5. The summed E-state index contributed by atoms with van der Waals surface area (Å²) < 4.78 is 7.23. The van der Waals surface area contributed by atoms with Gasteiger partial charge in [0.1, 0.15) is 12.4 Å². The van der Waals surface area contributed by atoms with Crippen LogP contribution in [-0.2, 0) is 0 Å². The van der Waals surface area contributed by atoms with Gasteiger partial charge in [-0.15, -0.1) is 0 Å². The summed E-state index contributed by atoms with van der Waals surface area (Å²) in [6.07, 6.45) is 3.11. The summed E-state index contributed by atoms with van der Waals surface area (Å²) in [5.74, 6) is 1.19. The standard InChI is InChI=1S/C25H25Cl2N5O2/c1-3-31(4-2)14-15-34-18-10-8-17(9-11-18)29-25-28-16-19-22(30-25)12-13-32(24(19)33)23-20(26)6-5-7-21(23)27/h5-13,16H,3-4,14-15H2,1-2H3,(H,28,29,30). The van der Waals surface area contributed by atoms with Crippen molar-refractivity contribution in [3.8, 4) is 11.4 Å². The van der Waals surface area contributed by atoms with Gasteiger partial charge >= 0.3 is 0 Å². The van der Waals surface area contributed by atoms with Crippen LogP contribution in [-0.4, -0.2) is 45.7 Å². The third-order valence-corrected chi connectivity index (χ3v) is 6.12. The first-order valence-corrected chi connectivity index (χ1v) is 11.8. The SMILES string of the molecule is CCN(CC)CCOc1ccc(Nc2ncc3c(=O)n(-c4c(Cl)cccc4Cl)ccc3n2)cc1. The van der Waals surface area contributed by atoms with Crippen LogP contribution in [0.1, 0.15) is 13.8 Å². The van der Waals surface area contributed by atoms with E-state index in [0.29, 0.717) is 39.2 Å². The molecule has 0 saturated heterocycles. The van der Waals surface area contributed by atoms with E-state index in [-0.39, 0.29) is 5.56 Å². The molecule has 0 aliphatic carbocycles. The molecular formula is C25H25Cl2N5O2. The number of nitrogens with one attached hydrogen (secondary N) is 1. The summed E-state index contributed by atoms with van der Waals surface area (Å²) in [6.45, 7) is 7.83. The van der Waals surface area contributed by atoms with Crippen LogP contribution in [0.2, 0.25) is 10.0 Å². The predicted molar refractivity (Wildman–Crippen MR) is 138 cm³/mol. The molecule has 0 fully saturated rings. The quantitative estimate of drug-likeness (QED) is 0.326. The van der Waals surface area contributed by atoms with E-state index < -0.39 is 0 Å². The lowest BCUT2D eigenvalue weighted by molar-refractivity contribution is 0.223. The average Bonchev–Trinajstić information content (AvgIpc) is 2.84. The number of anilines is 2. The largest absolute Gasteiger partial charge is 0.492 e. The third kappa shape index (κ3) is 5.33. The van der Waals surface area contributed by atoms with Gasteiger partial charge in [-0.3, -0.25) is 9.36 Å². The van der Waals surface area contributed by atoms with Gasteiger partial charge < -0.3 is 15.0 Å². The summed E-state index contributed by atoms with van der Waals surface area (Å²) in [5.41, 5.74) is 1.45. The Kier molecular flexibility index (Phi) is 7.67. The molecule has 9 heteroatoms. The minimum Gasteiger partial charge on any atom is -0.492 e. The zero-order valence-electron chi connectivity index (χ0n) is 19.0. The Balaban J connectivity index is 1.49. The van der Waals surface area contributed by atoms with E-state index in [0.717, 1.165) is 31.1 Å². The molecule has 4 aromatic rings. The molecule has 0 radical (unpaired) electrons. The fourth-order valence-corrected chi connectivity index (χ4v) is 4.16. The van der Waals surface area contributed by atoms with Crippen molar-refractivity contribution >= 4 is 45.7 Å². The first-order chi connectivity index (χ1) is 16.5. The van der Waals surface area contributed by atoms with Crippen LogP contribution in [0, 0.1) is 0 Å². The van der Waals surface area contributed by atoms with Crippen molar-refractivity contribution in [2.45, 2.75) is 13.8 Å². The number of likely N-dealkylation sites (N-methyl/N-ethyl adjacent to an activating group) is 1. The molecular weight excluding hydrogens is 473 g/mol. The molecule has 0 aliphatic heterocycles. The molecule has 0 atom stereocenters. The van der Waals surface area contributed by atoms with Gasteiger partial charge in [0.25, 0.3) is 5.56 Å². The van der Waals surface area contributed by atoms with Gasteiger partial charge in [-0.1, -0.05) is 43.1 Å². The smallest absolute Gasteiger partial charge is 0.266 e. The first kappa shape index (κ1) is 24.0. The zero-order valence-corrected chi connectivity index (χ0v) is 20.5. The van der Waals surface area contributed by atoms with Gasteiger partial charge in [0.2, 0.25) is 5.95 Å². The van der Waals surface area contributed by atoms with Gasteiger partial charge in [-0.05, 0) is 55.6 Å². The molecule has 0 bridgehead atoms. The molecule has 0 spiro atoms. The molecule has 2 aromatic heterocycles. The summed E-state index contributed by atoms with van der Waals surface area (Å²) in [4.78, 5) is 24.1. The lowest BCUT2D eigenvalue weighted by atomic mass is 10.2. The Morgan fingerprint density at radius 2 is 1.74 bits per heavy atom. The van der Waals surface area contributed by atoms with E-state index in [9.17, 15) is 4.79 Å². The first-order valence-electron chi connectivity index (χ1n) is 11.0. The lowest BCUT2D eigenvalue weighted by Gasteiger charge is -2.18. The fraction of sp³-hybridized carbons (Fsp3) is 0.240. The Hall–Kier alpha value is -3.13. The van der Waals surface area contributed by atoms with Crippen LogP contribution in [0.4, 0.5) is 11.6 Å². The summed E-state index contributed by atoms with van der Waals surface area (Å²) >= 11 is 12.5. The van der Waals surface area contributed by atoms with Crippen LogP contribution < -0.4 is 15.6 Å². The van der Waals surface area contributed by atoms with Crippen molar-refractivity contribution < 1.29 is 4.74 Å². The second kappa shape index (κ2) is 10.9. The maximum absolute atomic E-state index is 13.0. The van der Waals surface area contributed by atoms with Gasteiger partial charge in [0, 0.05) is 24.6 Å². The molecule has 0 saturated carbocycles. The highest BCUT2D eigenvalue weighted by molar-refractivity contribution is 6.37. The second-order valence-electron chi connectivity index (χ2n) is 7.58. The van der Waals surface area contributed by atoms with Crippen LogP contribution in [0.15, 0.2) is 65.7 Å². The Morgan fingerprint density at radius 3 is 2.41 bits per heavy atom. The summed E-state index contributed by atoms with van der Waals surface area (Å²) in [7, 11) is 0. The number of para-hydroxylation sites is 1. The fourth-order valence-electron chi connectivity index (χ4n) is 3.58. The number of rotatable bonds is 9. The summed E-state index contributed by atoms with van der Waals surface area (Å²) in [6, 6.07) is 14.4. The van der Waals surface area contributed by atoms with Crippen LogP contribution in [0.3, 0.4) is 0 Å². The lowest BCUT2D eigenvalue weighted by Crippen LogP contribution is -2.27. The zero-order chi connectivity index (χ0) is 24.1. The number of halogens is 2. The topological polar surface area (TPSA) is 72.3 Å². The molecule has 176 valence electrons. The highest BCUT2D eigenvalue weighted by Crippen LogP contribution is 2.27. The Labute approximate surface area is 207 Å². The monoisotopic (exact) mass is 497 g/mol. The van der Waals surface area contributed by atoms with Crippen molar-refractivity contribution in [2.75, 3.05) is 31.6 Å². The van der Waals surface area contributed by atoms with Gasteiger partial charge in [-0.2, -0.15) is 0 Å². The number of ether oxygens (including phenoxy) is 1. The van der Waals surface area contributed by atoms with E-state index in [1.54, 1.807) is 30.5 Å². The van der Waals surface area contributed by atoms with Gasteiger partial charge in [-0.25, -0.2) is 9.97 Å². The normalized spacial score (nSPS) is 11.2. The van der Waals surface area contributed by atoms with E-state index >= 15 is 0 Å². The summed E-state index contributed by atoms with van der Waals surface area (Å²) in [5, 5.41) is 4.29. The number of pyridine rings is 1. The highest BCUT2D eigenvalue weighted by Gasteiger charge is 2.13. The molecule has 7 nitrogen and oxygen atoms in total. The van der Waals surface area contributed by atoms with E-state index in [2.05, 4.69) is 34.0 Å². The number of benzene rings is 2. The molecule has 2 heterocycles. The predicted octanol–water partition coefficient (Wildman–Crippen LogP) is 5.55. The van der Waals surface area contributed by atoms with Gasteiger partial charge in [0.15, 0.2) is 0 Å². The van der Waals surface area contributed by atoms with Crippen molar-refractivity contribution in [1.82, 2.24) is 19.4 Å².